The van der Waals surface area contributed by atoms with E-state index in [4.69, 9.17) is 17.0 Å². The van der Waals surface area contributed by atoms with Gasteiger partial charge in [0.15, 0.2) is 5.11 Å². The van der Waals surface area contributed by atoms with Gasteiger partial charge in [-0.2, -0.15) is 0 Å². The van der Waals surface area contributed by atoms with E-state index < -0.39 is 10.0 Å². The maximum Gasteiger partial charge on any atom is 0.231 e. The van der Waals surface area contributed by atoms with Gasteiger partial charge >= 0.3 is 0 Å². The van der Waals surface area contributed by atoms with Crippen LogP contribution in [0.25, 0.3) is 0 Å². The molecule has 0 unspecified atom stereocenters. The monoisotopic (exact) mass is 419 g/mol. The molecule has 150 valence electrons. The zero-order chi connectivity index (χ0) is 20.3. The predicted octanol–water partition coefficient (Wildman–Crippen LogP) is 3.46. The van der Waals surface area contributed by atoms with Crippen molar-refractivity contribution in [2.75, 3.05) is 30.0 Å². The maximum atomic E-state index is 11.7. The van der Waals surface area contributed by atoms with Crippen LogP contribution in [0.15, 0.2) is 42.5 Å². The third-order valence-electron chi connectivity index (χ3n) is 4.93. The number of anilines is 2. The average Bonchev–Trinajstić information content (AvgIpc) is 2.66. The van der Waals surface area contributed by atoms with E-state index in [0.717, 1.165) is 30.7 Å². The molecule has 0 spiro atoms. The van der Waals surface area contributed by atoms with Gasteiger partial charge in [0.1, 0.15) is 5.75 Å². The van der Waals surface area contributed by atoms with Crippen molar-refractivity contribution in [2.45, 2.75) is 25.3 Å². The van der Waals surface area contributed by atoms with E-state index in [-0.39, 0.29) is 6.04 Å². The van der Waals surface area contributed by atoms with E-state index in [2.05, 4.69) is 22.8 Å². The summed E-state index contributed by atoms with van der Waals surface area (Å²) in [5, 5.41) is 7.06. The Hall–Kier alpha value is -2.32. The number of nitrogens with one attached hydrogen (secondary N) is 2. The van der Waals surface area contributed by atoms with E-state index in [0.29, 0.717) is 10.8 Å². The topological polar surface area (TPSA) is 70.7 Å². The first-order valence-corrected chi connectivity index (χ1v) is 11.3. The van der Waals surface area contributed by atoms with Crippen molar-refractivity contribution in [2.24, 2.45) is 0 Å². The van der Waals surface area contributed by atoms with E-state index in [9.17, 15) is 8.42 Å². The molecule has 28 heavy (non-hydrogen) atoms. The van der Waals surface area contributed by atoms with Crippen LogP contribution in [0.2, 0.25) is 0 Å². The molecule has 1 aliphatic carbocycles. The number of rotatable bonds is 5. The lowest BCUT2D eigenvalue weighted by Crippen LogP contribution is -2.34. The summed E-state index contributed by atoms with van der Waals surface area (Å²) in [6.45, 7) is 0. The molecule has 2 N–H and O–H groups in total. The number of hydrogen-bond donors (Lipinski definition) is 2. The highest BCUT2D eigenvalue weighted by molar-refractivity contribution is 7.92. The van der Waals surface area contributed by atoms with Crippen molar-refractivity contribution in [1.82, 2.24) is 5.32 Å². The summed E-state index contributed by atoms with van der Waals surface area (Å²) in [6.07, 6.45) is 4.28. The maximum absolute atomic E-state index is 11.7. The third-order valence-corrected chi connectivity index (χ3v) is 6.36. The van der Waals surface area contributed by atoms with E-state index in [1.54, 1.807) is 25.3 Å². The molecule has 1 aliphatic rings. The molecule has 0 saturated heterocycles. The van der Waals surface area contributed by atoms with Crippen LogP contribution in [-0.2, 0) is 16.4 Å². The molecule has 0 fully saturated rings. The number of ether oxygens (including phenoxy) is 1. The quantitative estimate of drug-likeness (QED) is 0.724. The van der Waals surface area contributed by atoms with Crippen LogP contribution < -0.4 is 19.7 Å². The molecule has 0 aliphatic heterocycles. The van der Waals surface area contributed by atoms with Gasteiger partial charge in [0.05, 0.1) is 25.1 Å². The first kappa shape index (κ1) is 20.4. The Morgan fingerprint density at radius 2 is 2.04 bits per heavy atom. The van der Waals surface area contributed by atoms with Gasteiger partial charge < -0.3 is 15.4 Å². The smallest absolute Gasteiger partial charge is 0.231 e. The second-order valence-corrected chi connectivity index (χ2v) is 9.31. The number of hydrogen-bond acceptors (Lipinski definition) is 4. The fourth-order valence-electron chi connectivity index (χ4n) is 3.36. The number of aryl methyl sites for hydroxylation is 1. The van der Waals surface area contributed by atoms with Gasteiger partial charge in [0.25, 0.3) is 0 Å². The largest absolute Gasteiger partial charge is 0.497 e. The molecule has 2 aromatic carbocycles. The Kier molecular flexibility index (Phi) is 6.10. The second-order valence-electron chi connectivity index (χ2n) is 6.89. The van der Waals surface area contributed by atoms with Crippen LogP contribution >= 0.6 is 12.2 Å². The number of benzene rings is 2. The van der Waals surface area contributed by atoms with E-state index >= 15 is 0 Å². The molecule has 3 rings (SSSR count). The Balaban J connectivity index is 1.71. The van der Waals surface area contributed by atoms with Crippen LogP contribution in [-0.4, -0.2) is 33.9 Å². The molecule has 0 heterocycles. The average molecular weight is 420 g/mol. The van der Waals surface area contributed by atoms with Crippen LogP contribution in [0.1, 0.15) is 30.0 Å². The highest BCUT2D eigenvalue weighted by atomic mass is 32.2. The summed E-state index contributed by atoms with van der Waals surface area (Å²) < 4.78 is 30.1. The third kappa shape index (κ3) is 4.74. The number of thiocarbonyl (C=S) groups is 1. The summed E-state index contributed by atoms with van der Waals surface area (Å²) in [7, 11) is -0.115. The minimum Gasteiger partial charge on any atom is -0.497 e. The number of sulfonamides is 1. The van der Waals surface area contributed by atoms with Gasteiger partial charge in [0, 0.05) is 12.7 Å². The molecule has 2 aromatic rings. The molecule has 0 amide bonds. The standard InChI is InChI=1S/C20H25N3O3S2/c1-23(28(3,24)25)16-8-5-7-15(13-16)21-20(27)22-19-9-4-6-14-12-17(26-2)10-11-18(14)19/h5,7-8,10-13,19H,4,6,9H2,1-3H3,(H2,21,22,27)/t19-/m0/s1. The fraction of sp³-hybridized carbons (Fsp3) is 0.350. The molecular weight excluding hydrogens is 394 g/mol. The van der Waals surface area contributed by atoms with Gasteiger partial charge in [-0.3, -0.25) is 4.31 Å². The Morgan fingerprint density at radius 1 is 1.25 bits per heavy atom. The molecule has 0 aromatic heterocycles. The molecular formula is C20H25N3O3S2. The van der Waals surface area contributed by atoms with Gasteiger partial charge in [0.2, 0.25) is 10.0 Å². The van der Waals surface area contributed by atoms with E-state index in [1.165, 1.54) is 28.7 Å². The van der Waals surface area contributed by atoms with Gasteiger partial charge in [-0.05, 0) is 72.9 Å². The van der Waals surface area contributed by atoms with Crippen molar-refractivity contribution in [3.8, 4) is 5.75 Å². The highest BCUT2D eigenvalue weighted by Crippen LogP contribution is 2.32. The molecule has 0 radical (unpaired) electrons. The van der Waals surface area contributed by atoms with Gasteiger partial charge in [-0.25, -0.2) is 8.42 Å². The summed E-state index contributed by atoms with van der Waals surface area (Å²) in [6, 6.07) is 13.4. The number of fused-ring (bicyclic) bond motifs is 1. The van der Waals surface area contributed by atoms with Crippen molar-refractivity contribution < 1.29 is 13.2 Å². The van der Waals surface area contributed by atoms with Crippen molar-refractivity contribution in [3.63, 3.8) is 0 Å². The second kappa shape index (κ2) is 8.36. The molecule has 0 bridgehead atoms. The van der Waals surface area contributed by atoms with Gasteiger partial charge in [-0.15, -0.1) is 0 Å². The molecule has 6 nitrogen and oxygen atoms in total. The molecule has 0 saturated carbocycles. The van der Waals surface area contributed by atoms with Crippen LogP contribution in [0, 0.1) is 0 Å². The first-order valence-electron chi connectivity index (χ1n) is 9.06. The first-order chi connectivity index (χ1) is 13.3. The lowest BCUT2D eigenvalue weighted by Gasteiger charge is -2.28. The Labute approximate surface area is 171 Å². The van der Waals surface area contributed by atoms with Crippen molar-refractivity contribution >= 4 is 38.7 Å². The van der Waals surface area contributed by atoms with E-state index in [1.807, 2.05) is 12.1 Å². The molecule has 1 atom stereocenters. The minimum absolute atomic E-state index is 0.136. The Morgan fingerprint density at radius 3 is 2.75 bits per heavy atom. The summed E-state index contributed by atoms with van der Waals surface area (Å²) >= 11 is 5.50. The van der Waals surface area contributed by atoms with Gasteiger partial charge in [-0.1, -0.05) is 12.1 Å². The summed E-state index contributed by atoms with van der Waals surface area (Å²) in [4.78, 5) is 0. The zero-order valence-electron chi connectivity index (χ0n) is 16.2. The fourth-order valence-corrected chi connectivity index (χ4v) is 4.12. The summed E-state index contributed by atoms with van der Waals surface area (Å²) in [5.41, 5.74) is 3.83. The van der Waals surface area contributed by atoms with Crippen LogP contribution in [0.4, 0.5) is 11.4 Å². The number of nitrogens with zero attached hydrogens (tertiary/aromatic N) is 1. The van der Waals surface area contributed by atoms with Crippen LogP contribution in [0.5, 0.6) is 5.75 Å². The van der Waals surface area contributed by atoms with Crippen LogP contribution in [0.3, 0.4) is 0 Å². The minimum atomic E-state index is -3.32. The highest BCUT2D eigenvalue weighted by Gasteiger charge is 2.21. The Bertz CT molecular complexity index is 976. The predicted molar refractivity (Wildman–Crippen MR) is 118 cm³/mol. The normalized spacial score (nSPS) is 16.0. The number of methoxy groups -OCH3 is 1. The van der Waals surface area contributed by atoms with Crippen molar-refractivity contribution in [3.05, 3.63) is 53.6 Å². The summed E-state index contributed by atoms with van der Waals surface area (Å²) in [5.74, 6) is 0.868. The molecule has 8 heteroatoms. The van der Waals surface area contributed by atoms with Crippen molar-refractivity contribution in [1.29, 1.82) is 0 Å². The SMILES string of the molecule is COc1ccc2c(c1)CCC[C@@H]2NC(=S)Nc1cccc(N(C)S(C)(=O)=O)c1. The lowest BCUT2D eigenvalue weighted by molar-refractivity contribution is 0.412. The lowest BCUT2D eigenvalue weighted by atomic mass is 9.87. The zero-order valence-corrected chi connectivity index (χ0v) is 17.9.